The molecule has 0 spiro atoms. The van der Waals surface area contributed by atoms with E-state index in [1.807, 2.05) is 0 Å². The van der Waals surface area contributed by atoms with Crippen molar-refractivity contribution in [3.8, 4) is 0 Å². The van der Waals surface area contributed by atoms with E-state index in [9.17, 15) is 4.79 Å². The van der Waals surface area contributed by atoms with Gasteiger partial charge in [-0.05, 0) is 0 Å². The van der Waals surface area contributed by atoms with E-state index in [0.717, 1.165) is 0 Å². The number of carbonyl (C=O) groups excluding carboxylic acids is 1. The van der Waals surface area contributed by atoms with Crippen LogP contribution in [0.5, 0.6) is 0 Å². The molecule has 0 heterocycles. The van der Waals surface area contributed by atoms with Crippen molar-refractivity contribution in [3.05, 3.63) is 12.2 Å². The quantitative estimate of drug-likeness (QED) is 0.422. The van der Waals surface area contributed by atoms with Crippen LogP contribution in [-0.2, 0) is 4.79 Å². The molecule has 0 saturated carbocycles. The number of carbonyl (C=O) groups is 1. The van der Waals surface area contributed by atoms with Crippen LogP contribution in [0, 0.1) is 0 Å². The highest BCUT2D eigenvalue weighted by molar-refractivity contribution is 5.87. The molecule has 0 atom stereocenters. The van der Waals surface area contributed by atoms with Crippen LogP contribution in [0.15, 0.2) is 12.2 Å². The van der Waals surface area contributed by atoms with Gasteiger partial charge in [-0.3, -0.25) is 4.79 Å². The number of hydrogen-bond acceptors (Lipinski definition) is 3. The minimum Gasteiger partial charge on any atom is -0.395 e. The molecular weight excluding hydrogens is 156 g/mol. The summed E-state index contributed by atoms with van der Waals surface area (Å²) in [6, 6.07) is 0. The van der Waals surface area contributed by atoms with E-state index in [4.69, 9.17) is 5.11 Å². The van der Waals surface area contributed by atoms with Gasteiger partial charge < -0.3 is 15.3 Å². The molecule has 0 fully saturated rings. The predicted molar refractivity (Wildman–Crippen MR) is 47.8 cm³/mol. The number of rotatable bonds is 5. The Hall–Kier alpha value is -0.870. The number of nitrogens with one attached hydrogen (secondary N) is 1. The molecule has 0 aliphatic rings. The van der Waals surface area contributed by atoms with Crippen molar-refractivity contribution in [1.29, 1.82) is 0 Å². The second kappa shape index (κ2) is 6.82. The Morgan fingerprint density at radius 1 is 1.58 bits per heavy atom. The number of aliphatic hydroxyl groups is 1. The van der Waals surface area contributed by atoms with E-state index < -0.39 is 0 Å². The Kier molecular flexibility index (Phi) is 6.32. The number of nitrogens with zero attached hydrogens (tertiary/aromatic N) is 1. The second-order valence-electron chi connectivity index (χ2n) is 2.56. The van der Waals surface area contributed by atoms with Gasteiger partial charge in [-0.25, -0.2) is 0 Å². The monoisotopic (exact) mass is 172 g/mol. The summed E-state index contributed by atoms with van der Waals surface area (Å²) in [6.45, 7) is 1.29. The van der Waals surface area contributed by atoms with Crippen LogP contribution < -0.4 is 5.32 Å². The third kappa shape index (κ3) is 5.88. The third-order valence-electron chi connectivity index (χ3n) is 1.25. The van der Waals surface area contributed by atoms with Gasteiger partial charge in [0.1, 0.15) is 0 Å². The van der Waals surface area contributed by atoms with Gasteiger partial charge in [-0.15, -0.1) is 0 Å². The molecular formula is C8H16N2O2. The highest BCUT2D eigenvalue weighted by Crippen LogP contribution is 1.80. The summed E-state index contributed by atoms with van der Waals surface area (Å²) >= 11 is 0. The first-order valence-electron chi connectivity index (χ1n) is 3.88. The molecule has 4 heteroatoms. The summed E-state index contributed by atoms with van der Waals surface area (Å²) in [6.07, 6.45) is 3.24. The third-order valence-corrected chi connectivity index (χ3v) is 1.25. The van der Waals surface area contributed by atoms with E-state index in [1.54, 1.807) is 20.2 Å². The van der Waals surface area contributed by atoms with E-state index in [2.05, 4.69) is 5.32 Å². The molecule has 2 N–H and O–H groups in total. The smallest absolute Gasteiger partial charge is 0.245 e. The number of amides is 1. The average molecular weight is 172 g/mol. The minimum atomic E-state index is -0.0270. The summed E-state index contributed by atoms with van der Waals surface area (Å²) in [5.74, 6) is -0.0270. The van der Waals surface area contributed by atoms with Gasteiger partial charge in [-0.1, -0.05) is 6.08 Å². The molecule has 0 aromatic rings. The molecule has 0 unspecified atom stereocenters. The summed E-state index contributed by atoms with van der Waals surface area (Å²) in [5.41, 5.74) is 0. The number of hydrogen-bond donors (Lipinski definition) is 2. The van der Waals surface area contributed by atoms with Crippen LogP contribution in [0.1, 0.15) is 0 Å². The molecule has 0 saturated heterocycles. The Balaban J connectivity index is 3.42. The van der Waals surface area contributed by atoms with Gasteiger partial charge in [0.15, 0.2) is 0 Å². The van der Waals surface area contributed by atoms with Gasteiger partial charge in [0.05, 0.1) is 6.61 Å². The van der Waals surface area contributed by atoms with E-state index >= 15 is 0 Å². The molecule has 0 bridgehead atoms. The van der Waals surface area contributed by atoms with Crippen molar-refractivity contribution < 1.29 is 9.90 Å². The summed E-state index contributed by atoms with van der Waals surface area (Å²) < 4.78 is 0. The first-order chi connectivity index (χ1) is 5.68. The number of likely N-dealkylation sites (N-methyl/N-ethyl adjacent to an activating group) is 1. The van der Waals surface area contributed by atoms with Crippen LogP contribution in [0.3, 0.4) is 0 Å². The van der Waals surface area contributed by atoms with Crippen molar-refractivity contribution in [2.45, 2.75) is 0 Å². The van der Waals surface area contributed by atoms with Crippen molar-refractivity contribution in [2.75, 3.05) is 33.8 Å². The number of aliphatic hydroxyl groups excluding tert-OH is 1. The fourth-order valence-electron chi connectivity index (χ4n) is 0.573. The Labute approximate surface area is 72.9 Å². The highest BCUT2D eigenvalue weighted by Gasteiger charge is 1.94. The first kappa shape index (κ1) is 11.1. The van der Waals surface area contributed by atoms with Crippen LogP contribution >= 0.6 is 0 Å². The summed E-state index contributed by atoms with van der Waals surface area (Å²) in [5, 5.41) is 11.3. The van der Waals surface area contributed by atoms with Crippen molar-refractivity contribution in [1.82, 2.24) is 10.2 Å². The van der Waals surface area contributed by atoms with E-state index in [1.165, 1.54) is 11.0 Å². The topological polar surface area (TPSA) is 52.6 Å². The Bertz CT molecular complexity index is 155. The fraction of sp³-hybridized carbons (Fsp3) is 0.625. The lowest BCUT2D eigenvalue weighted by Gasteiger charge is -2.05. The zero-order chi connectivity index (χ0) is 9.40. The summed E-state index contributed by atoms with van der Waals surface area (Å²) in [4.78, 5) is 12.4. The highest BCUT2D eigenvalue weighted by atomic mass is 16.3. The van der Waals surface area contributed by atoms with Crippen LogP contribution in [0.25, 0.3) is 0 Å². The van der Waals surface area contributed by atoms with E-state index in [-0.39, 0.29) is 12.5 Å². The van der Waals surface area contributed by atoms with Crippen LogP contribution in [0.2, 0.25) is 0 Å². The van der Waals surface area contributed by atoms with Crippen molar-refractivity contribution in [3.63, 3.8) is 0 Å². The molecule has 70 valence electrons. The van der Waals surface area contributed by atoms with Crippen LogP contribution in [-0.4, -0.2) is 49.7 Å². The maximum Gasteiger partial charge on any atom is 0.245 e. The van der Waals surface area contributed by atoms with Gasteiger partial charge in [0.25, 0.3) is 0 Å². The molecule has 12 heavy (non-hydrogen) atoms. The maximum atomic E-state index is 10.9. The second-order valence-corrected chi connectivity index (χ2v) is 2.56. The molecule has 0 rings (SSSR count). The first-order valence-corrected chi connectivity index (χ1v) is 3.88. The lowest BCUT2D eigenvalue weighted by Crippen LogP contribution is -2.21. The normalized spacial score (nSPS) is 10.6. The predicted octanol–water partition coefficient (Wildman–Crippen LogP) is -0.787. The molecule has 0 aromatic carbocycles. The SMILES string of the molecule is CN(C)C(=O)/C=C/CNCCO. The van der Waals surface area contributed by atoms with Crippen molar-refractivity contribution in [2.24, 2.45) is 0 Å². The largest absolute Gasteiger partial charge is 0.395 e. The molecule has 0 radical (unpaired) electrons. The Morgan fingerprint density at radius 2 is 2.25 bits per heavy atom. The van der Waals surface area contributed by atoms with Gasteiger partial charge in [0, 0.05) is 33.3 Å². The average Bonchev–Trinajstić information content (AvgIpc) is 2.03. The Morgan fingerprint density at radius 3 is 2.75 bits per heavy atom. The minimum absolute atomic E-state index is 0.0270. The van der Waals surface area contributed by atoms with Gasteiger partial charge in [-0.2, -0.15) is 0 Å². The van der Waals surface area contributed by atoms with E-state index in [0.29, 0.717) is 13.1 Å². The molecule has 0 aliphatic carbocycles. The molecule has 4 nitrogen and oxygen atoms in total. The van der Waals surface area contributed by atoms with Crippen molar-refractivity contribution >= 4 is 5.91 Å². The molecule has 0 aliphatic heterocycles. The molecule has 1 amide bonds. The van der Waals surface area contributed by atoms with Crippen LogP contribution in [0.4, 0.5) is 0 Å². The van der Waals surface area contributed by atoms with Gasteiger partial charge >= 0.3 is 0 Å². The molecule has 0 aromatic heterocycles. The zero-order valence-corrected chi connectivity index (χ0v) is 7.58. The standard InChI is InChI=1S/C8H16N2O2/c1-10(2)8(12)4-3-5-9-6-7-11/h3-4,9,11H,5-7H2,1-2H3/b4-3+. The maximum absolute atomic E-state index is 10.9. The fourth-order valence-corrected chi connectivity index (χ4v) is 0.573. The summed E-state index contributed by atoms with van der Waals surface area (Å²) in [7, 11) is 3.40. The lowest BCUT2D eigenvalue weighted by atomic mass is 10.4. The lowest BCUT2D eigenvalue weighted by molar-refractivity contribution is -0.123. The van der Waals surface area contributed by atoms with Gasteiger partial charge in [0.2, 0.25) is 5.91 Å². The zero-order valence-electron chi connectivity index (χ0n) is 7.58.